The fraction of sp³-hybridized carbons (Fsp3) is 0.560. The Labute approximate surface area is 191 Å². The third-order valence-electron chi connectivity index (χ3n) is 4.90. The van der Waals surface area contributed by atoms with Crippen molar-refractivity contribution in [3.8, 4) is 0 Å². The average Bonchev–Trinajstić information content (AvgIpc) is 3.05. The molecule has 7 nitrogen and oxygen atoms in total. The Morgan fingerprint density at radius 3 is 2.16 bits per heavy atom. The number of hydrogen-bond acceptors (Lipinski definition) is 4. The van der Waals surface area contributed by atoms with E-state index >= 15 is 0 Å². The summed E-state index contributed by atoms with van der Waals surface area (Å²) < 4.78 is 7.07. The molecule has 2 aromatic rings. The maximum Gasteiger partial charge on any atom is 0.408 e. The lowest BCUT2D eigenvalue weighted by atomic mass is 9.83. The van der Waals surface area contributed by atoms with E-state index in [4.69, 9.17) is 9.84 Å². The van der Waals surface area contributed by atoms with E-state index in [1.807, 2.05) is 49.7 Å². The number of carbonyl (C=O) groups excluding carboxylic acids is 2. The summed E-state index contributed by atoms with van der Waals surface area (Å²) in [4.78, 5) is 24.9. The predicted octanol–water partition coefficient (Wildman–Crippen LogP) is 5.01. The number of nitrogens with zero attached hydrogens (tertiary/aromatic N) is 2. The summed E-state index contributed by atoms with van der Waals surface area (Å²) in [7, 11) is 0. The molecule has 0 saturated carbocycles. The highest BCUT2D eigenvalue weighted by Gasteiger charge is 2.30. The molecule has 7 heteroatoms. The van der Waals surface area contributed by atoms with E-state index in [0.29, 0.717) is 5.82 Å². The van der Waals surface area contributed by atoms with Crippen LogP contribution in [0.15, 0.2) is 36.4 Å². The average molecular weight is 443 g/mol. The van der Waals surface area contributed by atoms with Crippen LogP contribution in [0.1, 0.15) is 73.6 Å². The zero-order chi connectivity index (χ0) is 24.3. The molecule has 0 fully saturated rings. The van der Waals surface area contributed by atoms with Crippen LogP contribution in [-0.2, 0) is 26.9 Å². The van der Waals surface area contributed by atoms with Crippen molar-refractivity contribution in [1.29, 1.82) is 0 Å². The molecule has 1 heterocycles. The van der Waals surface area contributed by atoms with Crippen LogP contribution >= 0.6 is 0 Å². The first-order chi connectivity index (χ1) is 14.6. The Bertz CT molecular complexity index is 934. The van der Waals surface area contributed by atoms with Crippen molar-refractivity contribution in [3.63, 3.8) is 0 Å². The summed E-state index contributed by atoms with van der Waals surface area (Å²) in [6, 6.07) is 11.4. The number of hydrogen-bond donors (Lipinski definition) is 2. The number of benzene rings is 1. The highest BCUT2D eigenvalue weighted by atomic mass is 16.6. The fourth-order valence-electron chi connectivity index (χ4n) is 3.29. The van der Waals surface area contributed by atoms with E-state index in [0.717, 1.165) is 12.1 Å². The number of rotatable bonds is 6. The highest BCUT2D eigenvalue weighted by molar-refractivity contribution is 5.95. The Hall–Kier alpha value is -2.83. The first-order valence-electron chi connectivity index (χ1n) is 11.0. The van der Waals surface area contributed by atoms with Gasteiger partial charge in [0.05, 0.1) is 11.2 Å². The van der Waals surface area contributed by atoms with Crippen LogP contribution in [0, 0.1) is 0 Å². The van der Waals surface area contributed by atoms with E-state index in [2.05, 4.69) is 36.6 Å². The molecule has 0 radical (unpaired) electrons. The van der Waals surface area contributed by atoms with Gasteiger partial charge >= 0.3 is 6.09 Å². The second-order valence-electron chi connectivity index (χ2n) is 10.9. The quantitative estimate of drug-likeness (QED) is 0.658. The van der Waals surface area contributed by atoms with Crippen molar-refractivity contribution in [2.45, 2.75) is 91.3 Å². The Kier molecular flexibility index (Phi) is 7.43. The molecule has 0 bridgehead atoms. The van der Waals surface area contributed by atoms with Gasteiger partial charge in [-0.15, -0.1) is 0 Å². The molecule has 0 spiro atoms. The largest absolute Gasteiger partial charge is 0.444 e. The first-order valence-corrected chi connectivity index (χ1v) is 11.0. The van der Waals surface area contributed by atoms with Crippen molar-refractivity contribution in [1.82, 2.24) is 15.1 Å². The topological polar surface area (TPSA) is 85.2 Å². The van der Waals surface area contributed by atoms with Crippen LogP contribution in [0.3, 0.4) is 0 Å². The number of amides is 2. The molecule has 32 heavy (non-hydrogen) atoms. The minimum absolute atomic E-state index is 0.238. The standard InChI is InChI=1S/C25H38N4O3/c1-17(26-22(31)32-24(5,6)7)21(30)27-20-15-19(28-29(20)23(2,3)4)25(8,9)16-18-13-11-10-12-14-18/h10-15,17H,16H2,1-9H3,(H,26,31)(H,27,30). The van der Waals surface area contributed by atoms with Gasteiger partial charge in [-0.2, -0.15) is 5.10 Å². The molecular formula is C25H38N4O3. The van der Waals surface area contributed by atoms with E-state index in [1.54, 1.807) is 27.7 Å². The van der Waals surface area contributed by atoms with Crippen LogP contribution in [0.5, 0.6) is 0 Å². The van der Waals surface area contributed by atoms with Gasteiger partial charge in [0.1, 0.15) is 17.5 Å². The third-order valence-corrected chi connectivity index (χ3v) is 4.90. The number of anilines is 1. The van der Waals surface area contributed by atoms with Gasteiger partial charge in [-0.05, 0) is 60.5 Å². The molecule has 176 valence electrons. The maximum atomic E-state index is 12.8. The molecule has 2 amide bonds. The molecule has 0 aliphatic carbocycles. The highest BCUT2D eigenvalue weighted by Crippen LogP contribution is 2.31. The van der Waals surface area contributed by atoms with Crippen molar-refractivity contribution in [3.05, 3.63) is 47.7 Å². The van der Waals surface area contributed by atoms with Crippen LogP contribution in [0.4, 0.5) is 10.6 Å². The summed E-state index contributed by atoms with van der Waals surface area (Å²) in [6.07, 6.45) is 0.188. The summed E-state index contributed by atoms with van der Waals surface area (Å²) in [5.74, 6) is 0.255. The van der Waals surface area contributed by atoms with Gasteiger partial charge in [0, 0.05) is 11.5 Å². The van der Waals surface area contributed by atoms with Gasteiger partial charge in [0.15, 0.2) is 0 Å². The minimum atomic E-state index is -0.769. The zero-order valence-corrected chi connectivity index (χ0v) is 20.9. The van der Waals surface area contributed by atoms with Crippen molar-refractivity contribution in [2.24, 2.45) is 0 Å². The van der Waals surface area contributed by atoms with E-state index in [9.17, 15) is 9.59 Å². The van der Waals surface area contributed by atoms with Gasteiger partial charge in [0.2, 0.25) is 5.91 Å². The van der Waals surface area contributed by atoms with E-state index in [-0.39, 0.29) is 16.9 Å². The second-order valence-corrected chi connectivity index (χ2v) is 10.9. The molecule has 1 unspecified atom stereocenters. The number of aromatic nitrogens is 2. The summed E-state index contributed by atoms with van der Waals surface area (Å²) in [6.45, 7) is 17.3. The molecule has 1 aromatic carbocycles. The smallest absolute Gasteiger partial charge is 0.408 e. The monoisotopic (exact) mass is 442 g/mol. The number of alkyl carbamates (subject to hydrolysis) is 1. The predicted molar refractivity (Wildman–Crippen MR) is 128 cm³/mol. The molecule has 2 N–H and O–H groups in total. The van der Waals surface area contributed by atoms with Crippen LogP contribution in [0.25, 0.3) is 0 Å². The molecule has 2 rings (SSSR count). The first kappa shape index (κ1) is 25.4. The van der Waals surface area contributed by atoms with Crippen LogP contribution in [-0.4, -0.2) is 33.4 Å². The number of nitrogens with one attached hydrogen (secondary N) is 2. The Balaban J connectivity index is 2.23. The zero-order valence-electron chi connectivity index (χ0n) is 20.9. The second kappa shape index (κ2) is 9.35. The van der Waals surface area contributed by atoms with Gasteiger partial charge < -0.3 is 15.4 Å². The number of ether oxygens (including phenoxy) is 1. The van der Waals surface area contributed by atoms with Gasteiger partial charge in [0.25, 0.3) is 0 Å². The van der Waals surface area contributed by atoms with Crippen LogP contribution < -0.4 is 10.6 Å². The lowest BCUT2D eigenvalue weighted by Crippen LogP contribution is -2.44. The summed E-state index contributed by atoms with van der Waals surface area (Å²) >= 11 is 0. The van der Waals surface area contributed by atoms with Crippen molar-refractivity contribution >= 4 is 17.8 Å². The molecular weight excluding hydrogens is 404 g/mol. The van der Waals surface area contributed by atoms with Gasteiger partial charge in [-0.3, -0.25) is 4.79 Å². The van der Waals surface area contributed by atoms with Crippen LogP contribution in [0.2, 0.25) is 0 Å². The summed E-state index contributed by atoms with van der Waals surface area (Å²) in [5.41, 5.74) is 0.899. The van der Waals surface area contributed by atoms with Gasteiger partial charge in [-0.1, -0.05) is 44.2 Å². The lowest BCUT2D eigenvalue weighted by Gasteiger charge is -2.25. The third kappa shape index (κ3) is 7.11. The van der Waals surface area contributed by atoms with Gasteiger partial charge in [-0.25, -0.2) is 9.48 Å². The molecule has 1 aromatic heterocycles. The normalized spacial score (nSPS) is 13.4. The minimum Gasteiger partial charge on any atom is -0.444 e. The SMILES string of the molecule is CC(NC(=O)OC(C)(C)C)C(=O)Nc1cc(C(C)(C)Cc2ccccc2)nn1C(C)(C)C. The van der Waals surface area contributed by atoms with E-state index < -0.39 is 17.7 Å². The molecule has 0 aliphatic heterocycles. The molecule has 0 saturated heterocycles. The number of carbonyl (C=O) groups is 2. The maximum absolute atomic E-state index is 12.8. The van der Waals surface area contributed by atoms with Crippen molar-refractivity contribution < 1.29 is 14.3 Å². The Morgan fingerprint density at radius 2 is 1.62 bits per heavy atom. The lowest BCUT2D eigenvalue weighted by molar-refractivity contribution is -0.117. The summed E-state index contributed by atoms with van der Waals surface area (Å²) in [5, 5.41) is 10.4. The van der Waals surface area contributed by atoms with Crippen molar-refractivity contribution in [2.75, 3.05) is 5.32 Å². The molecule has 1 atom stereocenters. The van der Waals surface area contributed by atoms with E-state index in [1.165, 1.54) is 5.56 Å². The Morgan fingerprint density at radius 1 is 1.03 bits per heavy atom. The molecule has 0 aliphatic rings. The fourth-order valence-corrected chi connectivity index (χ4v) is 3.29.